The number of nitrogens with two attached hydrogens (primary N) is 1. The molecular formula is C11H23NO. The molecule has 0 aromatic rings. The Balaban J connectivity index is 2.73. The summed E-state index contributed by atoms with van der Waals surface area (Å²) in [6.07, 6.45) is 0. The van der Waals surface area contributed by atoms with Crippen LogP contribution in [0.4, 0.5) is 0 Å². The summed E-state index contributed by atoms with van der Waals surface area (Å²) >= 11 is 0. The second-order valence-electron chi connectivity index (χ2n) is 4.97. The first-order valence-corrected chi connectivity index (χ1v) is 5.32. The number of hydrogen-bond donors (Lipinski definition) is 1. The van der Waals surface area contributed by atoms with E-state index in [0.717, 1.165) is 19.8 Å². The van der Waals surface area contributed by atoms with Crippen molar-refractivity contribution in [3.63, 3.8) is 0 Å². The maximum atomic E-state index is 5.85. The summed E-state index contributed by atoms with van der Waals surface area (Å²) < 4.78 is 5.38. The zero-order valence-corrected chi connectivity index (χ0v) is 9.34. The molecule has 2 N–H and O–H groups in total. The number of ether oxygens (including phenoxy) is 1. The van der Waals surface area contributed by atoms with Crippen LogP contribution in [0.25, 0.3) is 0 Å². The Labute approximate surface area is 81.8 Å². The minimum atomic E-state index is 0.364. The van der Waals surface area contributed by atoms with Crippen molar-refractivity contribution in [3.8, 4) is 0 Å². The summed E-state index contributed by atoms with van der Waals surface area (Å²) in [5.74, 6) is 1.95. The molecule has 2 nitrogen and oxygen atoms in total. The van der Waals surface area contributed by atoms with Crippen LogP contribution < -0.4 is 5.73 Å². The Morgan fingerprint density at radius 3 is 1.85 bits per heavy atom. The molecule has 0 aromatic heterocycles. The Hall–Kier alpha value is -0.0800. The SMILES string of the molecule is CC(C)C(CN)C1(C(C)C)COC1. The lowest BCUT2D eigenvalue weighted by molar-refractivity contribution is -0.178. The minimum Gasteiger partial charge on any atom is -0.380 e. The van der Waals surface area contributed by atoms with Gasteiger partial charge in [-0.15, -0.1) is 0 Å². The third kappa shape index (κ3) is 1.75. The lowest BCUT2D eigenvalue weighted by atomic mass is 9.62. The highest BCUT2D eigenvalue weighted by Gasteiger charge is 2.48. The molecule has 0 spiro atoms. The monoisotopic (exact) mass is 185 g/mol. The van der Waals surface area contributed by atoms with Crippen molar-refractivity contribution in [2.75, 3.05) is 19.8 Å². The number of rotatable bonds is 4. The van der Waals surface area contributed by atoms with Crippen LogP contribution in [-0.2, 0) is 4.74 Å². The molecule has 0 amide bonds. The molecule has 1 aliphatic heterocycles. The van der Waals surface area contributed by atoms with Gasteiger partial charge < -0.3 is 10.5 Å². The predicted molar refractivity (Wildman–Crippen MR) is 55.5 cm³/mol. The summed E-state index contributed by atoms with van der Waals surface area (Å²) in [5, 5.41) is 0. The first-order valence-electron chi connectivity index (χ1n) is 5.32. The lowest BCUT2D eigenvalue weighted by Crippen LogP contribution is -2.55. The highest BCUT2D eigenvalue weighted by Crippen LogP contribution is 2.45. The van der Waals surface area contributed by atoms with Gasteiger partial charge in [0.25, 0.3) is 0 Å². The van der Waals surface area contributed by atoms with E-state index in [0.29, 0.717) is 23.2 Å². The van der Waals surface area contributed by atoms with Gasteiger partial charge in [0.05, 0.1) is 13.2 Å². The van der Waals surface area contributed by atoms with Crippen molar-refractivity contribution in [2.45, 2.75) is 27.7 Å². The molecule has 2 heteroatoms. The molecule has 0 radical (unpaired) electrons. The van der Waals surface area contributed by atoms with Crippen LogP contribution in [0, 0.1) is 23.2 Å². The Kier molecular flexibility index (Phi) is 3.36. The van der Waals surface area contributed by atoms with Gasteiger partial charge in [-0.3, -0.25) is 0 Å². The van der Waals surface area contributed by atoms with Crippen LogP contribution in [0.15, 0.2) is 0 Å². The van der Waals surface area contributed by atoms with E-state index in [1.807, 2.05) is 0 Å². The molecule has 1 aliphatic rings. The van der Waals surface area contributed by atoms with E-state index in [1.165, 1.54) is 0 Å². The van der Waals surface area contributed by atoms with Gasteiger partial charge in [-0.25, -0.2) is 0 Å². The van der Waals surface area contributed by atoms with Crippen molar-refractivity contribution < 1.29 is 4.74 Å². The Morgan fingerprint density at radius 1 is 1.23 bits per heavy atom. The van der Waals surface area contributed by atoms with E-state index in [-0.39, 0.29) is 0 Å². The lowest BCUT2D eigenvalue weighted by Gasteiger charge is -2.51. The molecule has 1 atom stereocenters. The molecular weight excluding hydrogens is 162 g/mol. The fourth-order valence-corrected chi connectivity index (χ4v) is 2.48. The molecule has 13 heavy (non-hydrogen) atoms. The van der Waals surface area contributed by atoms with E-state index in [4.69, 9.17) is 10.5 Å². The van der Waals surface area contributed by atoms with Gasteiger partial charge in [-0.2, -0.15) is 0 Å². The third-order valence-electron chi connectivity index (χ3n) is 3.69. The Bertz CT molecular complexity index is 161. The van der Waals surface area contributed by atoms with Crippen LogP contribution in [0.2, 0.25) is 0 Å². The highest BCUT2D eigenvalue weighted by molar-refractivity contribution is 4.95. The number of hydrogen-bond acceptors (Lipinski definition) is 2. The van der Waals surface area contributed by atoms with Crippen LogP contribution in [-0.4, -0.2) is 19.8 Å². The van der Waals surface area contributed by atoms with Gasteiger partial charge >= 0.3 is 0 Å². The molecule has 1 fully saturated rings. The fourth-order valence-electron chi connectivity index (χ4n) is 2.48. The molecule has 1 saturated heterocycles. The predicted octanol–water partition coefficient (Wildman–Crippen LogP) is 1.89. The fraction of sp³-hybridized carbons (Fsp3) is 1.00. The quantitative estimate of drug-likeness (QED) is 0.726. The molecule has 1 heterocycles. The van der Waals surface area contributed by atoms with Crippen LogP contribution in [0.1, 0.15) is 27.7 Å². The molecule has 1 unspecified atom stereocenters. The normalized spacial score (nSPS) is 23.3. The molecule has 0 saturated carbocycles. The Morgan fingerprint density at radius 2 is 1.77 bits per heavy atom. The molecule has 0 bridgehead atoms. The summed E-state index contributed by atoms with van der Waals surface area (Å²) in [5.41, 5.74) is 6.22. The van der Waals surface area contributed by atoms with Crippen LogP contribution in [0.5, 0.6) is 0 Å². The van der Waals surface area contributed by atoms with Gasteiger partial charge in [0.15, 0.2) is 0 Å². The van der Waals surface area contributed by atoms with Crippen molar-refractivity contribution >= 4 is 0 Å². The van der Waals surface area contributed by atoms with E-state index < -0.39 is 0 Å². The van der Waals surface area contributed by atoms with Crippen molar-refractivity contribution in [2.24, 2.45) is 28.9 Å². The van der Waals surface area contributed by atoms with Crippen molar-refractivity contribution in [1.29, 1.82) is 0 Å². The first-order chi connectivity index (χ1) is 6.04. The molecule has 1 rings (SSSR count). The van der Waals surface area contributed by atoms with Crippen LogP contribution >= 0.6 is 0 Å². The van der Waals surface area contributed by atoms with E-state index in [2.05, 4.69) is 27.7 Å². The summed E-state index contributed by atoms with van der Waals surface area (Å²) in [4.78, 5) is 0. The minimum absolute atomic E-state index is 0.364. The van der Waals surface area contributed by atoms with Crippen molar-refractivity contribution in [1.82, 2.24) is 0 Å². The zero-order valence-electron chi connectivity index (χ0n) is 9.34. The maximum Gasteiger partial charge on any atom is 0.0550 e. The standard InChI is InChI=1S/C11H23NO/c1-8(2)10(5-12)11(9(3)4)6-13-7-11/h8-10H,5-7,12H2,1-4H3. The topological polar surface area (TPSA) is 35.2 Å². The first kappa shape index (κ1) is 11.0. The van der Waals surface area contributed by atoms with E-state index >= 15 is 0 Å². The summed E-state index contributed by atoms with van der Waals surface area (Å²) in [7, 11) is 0. The van der Waals surface area contributed by atoms with Gasteiger partial charge in [-0.05, 0) is 24.3 Å². The smallest absolute Gasteiger partial charge is 0.0550 e. The van der Waals surface area contributed by atoms with Gasteiger partial charge in [0.1, 0.15) is 0 Å². The third-order valence-corrected chi connectivity index (χ3v) is 3.69. The van der Waals surface area contributed by atoms with Gasteiger partial charge in [-0.1, -0.05) is 27.7 Å². The maximum absolute atomic E-state index is 5.85. The van der Waals surface area contributed by atoms with E-state index in [9.17, 15) is 0 Å². The summed E-state index contributed by atoms with van der Waals surface area (Å²) in [6, 6.07) is 0. The molecule has 78 valence electrons. The second-order valence-corrected chi connectivity index (χ2v) is 4.97. The molecule has 0 aromatic carbocycles. The van der Waals surface area contributed by atoms with Gasteiger partial charge in [0, 0.05) is 5.41 Å². The molecule has 0 aliphatic carbocycles. The summed E-state index contributed by atoms with van der Waals surface area (Å²) in [6.45, 7) is 11.7. The average Bonchev–Trinajstić information content (AvgIpc) is 1.94. The van der Waals surface area contributed by atoms with Crippen molar-refractivity contribution in [3.05, 3.63) is 0 Å². The average molecular weight is 185 g/mol. The second kappa shape index (κ2) is 3.97. The van der Waals surface area contributed by atoms with E-state index in [1.54, 1.807) is 0 Å². The van der Waals surface area contributed by atoms with Gasteiger partial charge in [0.2, 0.25) is 0 Å². The van der Waals surface area contributed by atoms with Crippen LogP contribution in [0.3, 0.4) is 0 Å². The zero-order chi connectivity index (χ0) is 10.1. The highest BCUT2D eigenvalue weighted by atomic mass is 16.5. The largest absolute Gasteiger partial charge is 0.380 e.